The van der Waals surface area contributed by atoms with Gasteiger partial charge in [0, 0.05) is 11.9 Å². The molecule has 0 aromatic rings. The van der Waals surface area contributed by atoms with Crippen molar-refractivity contribution in [3.63, 3.8) is 0 Å². The zero-order valence-electron chi connectivity index (χ0n) is 13.5. The summed E-state index contributed by atoms with van der Waals surface area (Å²) in [5, 5.41) is 27.3. The molecule has 0 amide bonds. The fraction of sp³-hybridized carbons (Fsp3) is 0.769. The normalized spacial score (nSPS) is 9.82. The molecule has 1 atom stereocenters. The van der Waals surface area contributed by atoms with Crippen LogP contribution in [0.5, 0.6) is 0 Å². The summed E-state index contributed by atoms with van der Waals surface area (Å²) >= 11 is 1.60. The molecule has 7 nitrogen and oxygen atoms in total. The van der Waals surface area contributed by atoms with Crippen LogP contribution in [0.3, 0.4) is 0 Å². The Morgan fingerprint density at radius 2 is 1.45 bits per heavy atom. The average molecular weight is 363 g/mol. The second-order valence-corrected chi connectivity index (χ2v) is 4.96. The maximum absolute atomic E-state index is 10.1. The Hall–Kier alpha value is -0.0203. The van der Waals surface area contributed by atoms with Gasteiger partial charge >= 0.3 is 43.7 Å². The van der Waals surface area contributed by atoms with E-state index in [1.54, 1.807) is 25.6 Å². The van der Waals surface area contributed by atoms with E-state index in [0.29, 0.717) is 19.3 Å². The SMILES string of the molecule is CCCC(=O)[O-].CCCC(=O)[O-].CSCCC(N)C(=O)O.[Ca+2]. The van der Waals surface area contributed by atoms with E-state index < -0.39 is 23.9 Å². The summed E-state index contributed by atoms with van der Waals surface area (Å²) < 4.78 is 0. The number of carbonyl (C=O) groups is 3. The maximum Gasteiger partial charge on any atom is 2.00 e. The van der Waals surface area contributed by atoms with Crippen molar-refractivity contribution >= 4 is 67.4 Å². The van der Waals surface area contributed by atoms with Crippen LogP contribution in [-0.4, -0.2) is 78.8 Å². The predicted octanol–water partition coefficient (Wildman–Crippen LogP) is -1.16. The Bertz CT molecular complexity index is 276. The van der Waals surface area contributed by atoms with Crippen molar-refractivity contribution in [3.8, 4) is 0 Å². The number of aliphatic carboxylic acids is 3. The molecule has 0 aliphatic heterocycles. The van der Waals surface area contributed by atoms with Crippen LogP contribution in [-0.2, 0) is 14.4 Å². The van der Waals surface area contributed by atoms with Gasteiger partial charge < -0.3 is 30.6 Å². The van der Waals surface area contributed by atoms with Gasteiger partial charge in [0.2, 0.25) is 0 Å². The summed E-state index contributed by atoms with van der Waals surface area (Å²) in [5.74, 6) is -2.02. The third-order valence-electron chi connectivity index (χ3n) is 1.86. The first kappa shape index (κ1) is 29.9. The third-order valence-corrected chi connectivity index (χ3v) is 2.50. The topological polar surface area (TPSA) is 144 Å². The van der Waals surface area contributed by atoms with Gasteiger partial charge in [-0.1, -0.05) is 26.7 Å². The molecule has 0 radical (unpaired) electrons. The maximum atomic E-state index is 10.1. The number of hydrogen-bond acceptors (Lipinski definition) is 7. The number of hydrogen-bond donors (Lipinski definition) is 2. The Morgan fingerprint density at radius 1 is 1.09 bits per heavy atom. The molecular formula is C13H25CaNO6S. The van der Waals surface area contributed by atoms with Crippen molar-refractivity contribution in [1.29, 1.82) is 0 Å². The molecule has 0 spiro atoms. The Labute approximate surface area is 166 Å². The minimum atomic E-state index is -0.961. The van der Waals surface area contributed by atoms with Gasteiger partial charge in [-0.3, -0.25) is 4.79 Å². The molecule has 1 unspecified atom stereocenters. The molecule has 0 fully saturated rings. The standard InChI is InChI=1S/C5H11NO2S.2C4H8O2.Ca/c1-9-3-2-4(6)5(7)8;2*1-2-3-4(5)6;/h4H,2-3,6H2,1H3,(H,7,8);2*2-3H2,1H3,(H,5,6);/q;;;+2/p-2. The number of nitrogens with two attached hydrogens (primary N) is 1. The zero-order valence-corrected chi connectivity index (χ0v) is 16.5. The second-order valence-electron chi connectivity index (χ2n) is 3.97. The van der Waals surface area contributed by atoms with Crippen LogP contribution in [0, 0.1) is 0 Å². The number of thioether (sulfide) groups is 1. The van der Waals surface area contributed by atoms with E-state index in [2.05, 4.69) is 0 Å². The van der Waals surface area contributed by atoms with Crippen molar-refractivity contribution in [2.24, 2.45) is 5.73 Å². The summed E-state index contributed by atoms with van der Waals surface area (Å²) in [6.07, 6.45) is 4.18. The van der Waals surface area contributed by atoms with Crippen molar-refractivity contribution in [3.05, 3.63) is 0 Å². The molecule has 0 heterocycles. The minimum Gasteiger partial charge on any atom is -0.550 e. The molecule has 0 aromatic heterocycles. The Balaban J connectivity index is -0.000000112. The van der Waals surface area contributed by atoms with Crippen LogP contribution in [0.15, 0.2) is 0 Å². The van der Waals surface area contributed by atoms with Crippen molar-refractivity contribution < 1.29 is 29.7 Å². The van der Waals surface area contributed by atoms with Crippen LogP contribution in [0.25, 0.3) is 0 Å². The summed E-state index contributed by atoms with van der Waals surface area (Å²) in [6.45, 7) is 3.60. The van der Waals surface area contributed by atoms with Crippen molar-refractivity contribution in [2.75, 3.05) is 12.0 Å². The molecule has 0 aliphatic rings. The van der Waals surface area contributed by atoms with Gasteiger partial charge in [-0.15, -0.1) is 0 Å². The van der Waals surface area contributed by atoms with Gasteiger partial charge in [0.15, 0.2) is 0 Å². The fourth-order valence-electron chi connectivity index (χ4n) is 0.777. The second kappa shape index (κ2) is 23.2. The first-order chi connectivity index (χ1) is 9.72. The number of carboxylic acids is 3. The van der Waals surface area contributed by atoms with Gasteiger partial charge in [-0.2, -0.15) is 11.8 Å². The van der Waals surface area contributed by atoms with Crippen molar-refractivity contribution in [1.82, 2.24) is 0 Å². The van der Waals surface area contributed by atoms with E-state index in [0.717, 1.165) is 5.75 Å². The largest absolute Gasteiger partial charge is 2.00 e. The summed E-state index contributed by atoms with van der Waals surface area (Å²) in [6, 6.07) is -0.683. The van der Waals surface area contributed by atoms with Crippen LogP contribution < -0.4 is 15.9 Å². The smallest absolute Gasteiger partial charge is 0.550 e. The molecule has 9 heteroatoms. The number of carbonyl (C=O) groups excluding carboxylic acids is 2. The molecule has 0 saturated heterocycles. The summed E-state index contributed by atoms with van der Waals surface area (Å²) in [4.78, 5) is 29.0. The number of carboxylic acid groups (broad SMARTS) is 3. The van der Waals surface area contributed by atoms with Gasteiger partial charge in [0.25, 0.3) is 0 Å². The molecular weight excluding hydrogens is 338 g/mol. The van der Waals surface area contributed by atoms with Crippen LogP contribution in [0.1, 0.15) is 46.0 Å². The zero-order chi connectivity index (χ0) is 17.3. The molecule has 0 saturated carbocycles. The first-order valence-electron chi connectivity index (χ1n) is 6.59. The summed E-state index contributed by atoms with van der Waals surface area (Å²) in [7, 11) is 0. The van der Waals surface area contributed by atoms with Crippen LogP contribution >= 0.6 is 11.8 Å². The number of rotatable bonds is 8. The molecule has 0 aliphatic carbocycles. The Morgan fingerprint density at radius 3 is 1.59 bits per heavy atom. The van der Waals surface area contributed by atoms with Crippen LogP contribution in [0.4, 0.5) is 0 Å². The van der Waals surface area contributed by atoms with E-state index in [9.17, 15) is 24.6 Å². The van der Waals surface area contributed by atoms with E-state index in [4.69, 9.17) is 10.8 Å². The average Bonchev–Trinajstić information content (AvgIpc) is 2.36. The molecule has 0 rings (SSSR count). The van der Waals surface area contributed by atoms with E-state index in [1.807, 2.05) is 6.26 Å². The van der Waals surface area contributed by atoms with Gasteiger partial charge in [0.05, 0.1) is 0 Å². The summed E-state index contributed by atoms with van der Waals surface area (Å²) in [5.41, 5.74) is 5.19. The van der Waals surface area contributed by atoms with Gasteiger partial charge in [0.1, 0.15) is 6.04 Å². The molecule has 3 N–H and O–H groups in total. The van der Waals surface area contributed by atoms with E-state index in [1.165, 1.54) is 0 Å². The predicted molar refractivity (Wildman–Crippen MR) is 84.2 cm³/mol. The monoisotopic (exact) mass is 363 g/mol. The molecule has 126 valence electrons. The van der Waals surface area contributed by atoms with E-state index >= 15 is 0 Å². The van der Waals surface area contributed by atoms with E-state index in [-0.39, 0.29) is 50.6 Å². The molecule has 0 aromatic carbocycles. The molecule has 0 bridgehead atoms. The van der Waals surface area contributed by atoms with Gasteiger partial charge in [-0.25, -0.2) is 0 Å². The first-order valence-corrected chi connectivity index (χ1v) is 7.99. The Kier molecular flexibility index (Phi) is 31.6. The minimum absolute atomic E-state index is 0. The van der Waals surface area contributed by atoms with Gasteiger partial charge in [-0.05, 0) is 31.3 Å². The quantitative estimate of drug-likeness (QED) is 0.514. The van der Waals surface area contributed by atoms with Crippen molar-refractivity contribution in [2.45, 2.75) is 52.0 Å². The fourth-order valence-corrected chi connectivity index (χ4v) is 1.27. The molecule has 22 heavy (non-hydrogen) atoms. The third kappa shape index (κ3) is 36.8. The van der Waals surface area contributed by atoms with Crippen LogP contribution in [0.2, 0.25) is 0 Å².